The van der Waals surface area contributed by atoms with Crippen LogP contribution in [0, 0.1) is 0 Å². The van der Waals surface area contributed by atoms with E-state index < -0.39 is 34.6 Å². The standard InChI is InChI=1S/C14H13ClF3N3O3/c15-9-6-10-11(5-8(9)14(16,17)18)21(12(22)19-10)7-1-3-20(4-2-7)13(23)24/h5-7H,1-4H2,(H,19,22)(H,23,24)/p-1. The molecule has 1 amide bonds. The van der Waals surface area contributed by atoms with E-state index in [0.29, 0.717) is 12.8 Å². The second-order valence-corrected chi connectivity index (χ2v) is 6.04. The van der Waals surface area contributed by atoms with Crippen LogP contribution in [0.25, 0.3) is 11.0 Å². The molecule has 1 saturated heterocycles. The number of carbonyl (C=O) groups is 1. The molecule has 1 aromatic carbocycles. The smallest absolute Gasteiger partial charge is 0.417 e. The summed E-state index contributed by atoms with van der Waals surface area (Å²) in [6.45, 7) is 0.317. The molecule has 0 bridgehead atoms. The Morgan fingerprint density at radius 2 is 1.92 bits per heavy atom. The third kappa shape index (κ3) is 2.83. The fourth-order valence-corrected chi connectivity index (χ4v) is 3.30. The molecule has 24 heavy (non-hydrogen) atoms. The normalized spacial score (nSPS) is 16.8. The first-order chi connectivity index (χ1) is 11.2. The first-order valence-electron chi connectivity index (χ1n) is 7.15. The number of fused-ring (bicyclic) bond motifs is 1. The van der Waals surface area contributed by atoms with Crippen molar-refractivity contribution in [1.82, 2.24) is 14.5 Å². The lowest BCUT2D eigenvalue weighted by atomic mass is 10.0. The lowest BCUT2D eigenvalue weighted by molar-refractivity contribution is -0.266. The van der Waals surface area contributed by atoms with Crippen LogP contribution in [0.2, 0.25) is 5.02 Å². The number of imidazole rings is 1. The highest BCUT2D eigenvalue weighted by molar-refractivity contribution is 6.32. The molecular formula is C14H12ClF3N3O3-. The summed E-state index contributed by atoms with van der Waals surface area (Å²) in [6, 6.07) is 1.53. The highest BCUT2D eigenvalue weighted by Gasteiger charge is 2.34. The number of amides is 1. The highest BCUT2D eigenvalue weighted by atomic mass is 35.5. The Bertz CT molecular complexity index is 851. The quantitative estimate of drug-likeness (QED) is 0.842. The van der Waals surface area contributed by atoms with Gasteiger partial charge in [-0.25, -0.2) is 4.79 Å². The highest BCUT2D eigenvalue weighted by Crippen LogP contribution is 2.37. The molecule has 1 fully saturated rings. The number of benzene rings is 1. The van der Waals surface area contributed by atoms with E-state index in [4.69, 9.17) is 11.6 Å². The molecule has 0 radical (unpaired) electrons. The van der Waals surface area contributed by atoms with Gasteiger partial charge in [0.25, 0.3) is 0 Å². The first-order valence-corrected chi connectivity index (χ1v) is 7.53. The van der Waals surface area contributed by atoms with Crippen LogP contribution in [0.3, 0.4) is 0 Å². The van der Waals surface area contributed by atoms with E-state index in [2.05, 4.69) is 4.98 Å². The van der Waals surface area contributed by atoms with E-state index in [1.54, 1.807) is 0 Å². The van der Waals surface area contributed by atoms with Gasteiger partial charge < -0.3 is 19.8 Å². The SMILES string of the molecule is O=C([O-])N1CCC(n2c(=O)[nH]c3cc(Cl)c(C(F)(F)F)cc32)CC1. The molecule has 2 aromatic rings. The average molecular weight is 363 g/mol. The lowest BCUT2D eigenvalue weighted by Gasteiger charge is -2.34. The third-order valence-electron chi connectivity index (χ3n) is 4.20. The summed E-state index contributed by atoms with van der Waals surface area (Å²) in [7, 11) is 0. The van der Waals surface area contributed by atoms with Crippen LogP contribution in [-0.4, -0.2) is 33.6 Å². The zero-order valence-electron chi connectivity index (χ0n) is 12.2. The largest absolute Gasteiger partial charge is 0.530 e. The Labute approximate surface area is 138 Å². The van der Waals surface area contributed by atoms with Gasteiger partial charge in [0.2, 0.25) is 0 Å². The second kappa shape index (κ2) is 5.73. The van der Waals surface area contributed by atoms with Crippen LogP contribution >= 0.6 is 11.6 Å². The Morgan fingerprint density at radius 1 is 1.29 bits per heavy atom. The number of hydrogen-bond donors (Lipinski definition) is 1. The number of aromatic nitrogens is 2. The van der Waals surface area contributed by atoms with Crippen molar-refractivity contribution in [3.63, 3.8) is 0 Å². The third-order valence-corrected chi connectivity index (χ3v) is 4.51. The van der Waals surface area contributed by atoms with Gasteiger partial charge in [0.1, 0.15) is 6.09 Å². The van der Waals surface area contributed by atoms with E-state index in [0.717, 1.165) is 17.0 Å². The number of halogens is 4. The first kappa shape index (κ1) is 16.7. The molecular weight excluding hydrogens is 351 g/mol. The molecule has 2 heterocycles. The van der Waals surface area contributed by atoms with Gasteiger partial charge in [-0.1, -0.05) is 11.6 Å². The summed E-state index contributed by atoms with van der Waals surface area (Å²) in [5.41, 5.74) is -1.26. The van der Waals surface area contributed by atoms with Crippen LogP contribution in [0.4, 0.5) is 18.0 Å². The van der Waals surface area contributed by atoms with E-state index in [1.165, 1.54) is 4.57 Å². The maximum absolute atomic E-state index is 13.0. The number of nitrogens with one attached hydrogen (secondary N) is 1. The molecule has 3 rings (SSSR count). The lowest BCUT2D eigenvalue weighted by Crippen LogP contribution is -2.46. The molecule has 0 saturated carbocycles. The number of carboxylic acid groups (broad SMARTS) is 1. The summed E-state index contributed by atoms with van der Waals surface area (Å²) >= 11 is 5.66. The minimum absolute atomic E-state index is 0.101. The van der Waals surface area contributed by atoms with Crippen molar-refractivity contribution in [3.8, 4) is 0 Å². The molecule has 1 aliphatic rings. The Morgan fingerprint density at radius 3 is 2.46 bits per heavy atom. The molecule has 0 aliphatic carbocycles. The molecule has 10 heteroatoms. The molecule has 1 aliphatic heterocycles. The number of H-pyrrole nitrogens is 1. The number of alkyl halides is 3. The molecule has 1 N–H and O–H groups in total. The van der Waals surface area contributed by atoms with Crippen molar-refractivity contribution in [2.45, 2.75) is 25.1 Å². The van der Waals surface area contributed by atoms with Gasteiger partial charge in [0, 0.05) is 19.1 Å². The van der Waals surface area contributed by atoms with Gasteiger partial charge in [-0.05, 0) is 25.0 Å². The Hall–Kier alpha value is -2.16. The topological polar surface area (TPSA) is 81.2 Å². The minimum Gasteiger partial charge on any atom is -0.530 e. The Balaban J connectivity index is 2.04. The summed E-state index contributed by atoms with van der Waals surface area (Å²) in [5.74, 6) is 0. The van der Waals surface area contributed by atoms with Crippen molar-refractivity contribution < 1.29 is 23.1 Å². The van der Waals surface area contributed by atoms with Crippen LogP contribution in [0.15, 0.2) is 16.9 Å². The van der Waals surface area contributed by atoms with Crippen LogP contribution in [0.1, 0.15) is 24.4 Å². The van der Waals surface area contributed by atoms with E-state index in [1.807, 2.05) is 0 Å². The molecule has 0 unspecified atom stereocenters. The molecule has 0 atom stereocenters. The number of carbonyl (C=O) groups excluding carboxylic acids is 1. The van der Waals surface area contributed by atoms with Gasteiger partial charge in [-0.3, -0.25) is 4.57 Å². The summed E-state index contributed by atoms with van der Waals surface area (Å²) in [4.78, 5) is 26.6. The van der Waals surface area contributed by atoms with Gasteiger partial charge in [0.15, 0.2) is 0 Å². The molecule has 130 valence electrons. The van der Waals surface area contributed by atoms with Crippen molar-refractivity contribution in [3.05, 3.63) is 33.2 Å². The van der Waals surface area contributed by atoms with Gasteiger partial charge >= 0.3 is 11.9 Å². The predicted molar refractivity (Wildman–Crippen MR) is 77.8 cm³/mol. The van der Waals surface area contributed by atoms with Crippen LogP contribution in [-0.2, 0) is 6.18 Å². The van der Waals surface area contributed by atoms with Crippen LogP contribution < -0.4 is 10.8 Å². The van der Waals surface area contributed by atoms with Gasteiger partial charge in [-0.15, -0.1) is 0 Å². The average Bonchev–Trinajstić information content (AvgIpc) is 2.80. The maximum atomic E-state index is 13.0. The van der Waals surface area contributed by atoms with Crippen molar-refractivity contribution in [2.75, 3.05) is 13.1 Å². The molecule has 0 spiro atoms. The number of hydrogen-bond acceptors (Lipinski definition) is 3. The van der Waals surface area contributed by atoms with E-state index in [9.17, 15) is 27.9 Å². The van der Waals surface area contributed by atoms with Crippen LogP contribution in [0.5, 0.6) is 0 Å². The fraction of sp³-hybridized carbons (Fsp3) is 0.429. The van der Waals surface area contributed by atoms with Gasteiger partial charge in [0.05, 0.1) is 21.6 Å². The number of nitrogens with zero attached hydrogens (tertiary/aromatic N) is 2. The number of rotatable bonds is 1. The van der Waals surface area contributed by atoms with Crippen molar-refractivity contribution in [2.24, 2.45) is 0 Å². The number of likely N-dealkylation sites (tertiary alicyclic amines) is 1. The van der Waals surface area contributed by atoms with Crippen molar-refractivity contribution >= 4 is 28.7 Å². The van der Waals surface area contributed by atoms with Crippen molar-refractivity contribution in [1.29, 1.82) is 0 Å². The zero-order chi connectivity index (χ0) is 17.6. The maximum Gasteiger partial charge on any atom is 0.417 e. The number of aromatic amines is 1. The summed E-state index contributed by atoms with van der Waals surface area (Å²) in [6.07, 6.45) is -5.32. The zero-order valence-corrected chi connectivity index (χ0v) is 12.9. The Kier molecular flexibility index (Phi) is 3.98. The molecule has 1 aromatic heterocycles. The number of piperidine rings is 1. The van der Waals surface area contributed by atoms with E-state index >= 15 is 0 Å². The van der Waals surface area contributed by atoms with Gasteiger partial charge in [-0.2, -0.15) is 13.2 Å². The summed E-state index contributed by atoms with van der Waals surface area (Å²) < 4.78 is 40.4. The molecule has 6 nitrogen and oxygen atoms in total. The fourth-order valence-electron chi connectivity index (χ4n) is 3.03. The monoisotopic (exact) mass is 362 g/mol. The minimum atomic E-state index is -4.64. The summed E-state index contributed by atoms with van der Waals surface area (Å²) in [5, 5.41) is 10.3. The van der Waals surface area contributed by atoms with E-state index in [-0.39, 0.29) is 24.1 Å². The second-order valence-electron chi connectivity index (χ2n) is 5.63. The predicted octanol–water partition coefficient (Wildman–Crippen LogP) is 1.98.